The number of hydrogen-bond donors (Lipinski definition) is 1. The Balaban J connectivity index is 2.05. The average Bonchev–Trinajstić information content (AvgIpc) is 2.75. The monoisotopic (exact) mass is 274 g/mol. The molecule has 1 saturated heterocycles. The van der Waals surface area contributed by atoms with Gasteiger partial charge in [-0.25, -0.2) is 4.39 Å². The lowest BCUT2D eigenvalue weighted by molar-refractivity contribution is 0.0684. The van der Waals surface area contributed by atoms with Gasteiger partial charge in [0.2, 0.25) is 0 Å². The lowest BCUT2D eigenvalue weighted by atomic mass is 9.99. The van der Waals surface area contributed by atoms with Gasteiger partial charge >= 0.3 is 0 Å². The Morgan fingerprint density at radius 2 is 2.25 bits per heavy atom. The number of H-pyrrole nitrogens is 1. The standard InChI is InChI=1S/C16H19FN2O/c1-10-5-4-8-19(9-10)16(20)14-11(2)18-13-7-3-6-12(17)15(13)14/h3,6-7,10,18H,4-5,8-9H2,1-2H3. The highest BCUT2D eigenvalue weighted by Crippen LogP contribution is 2.27. The zero-order valence-corrected chi connectivity index (χ0v) is 11.9. The van der Waals surface area contributed by atoms with E-state index in [4.69, 9.17) is 0 Å². The highest BCUT2D eigenvalue weighted by molar-refractivity contribution is 6.08. The van der Waals surface area contributed by atoms with Crippen LogP contribution in [0.1, 0.15) is 35.8 Å². The Morgan fingerprint density at radius 1 is 1.45 bits per heavy atom. The minimum atomic E-state index is -0.333. The van der Waals surface area contributed by atoms with Gasteiger partial charge in [-0.15, -0.1) is 0 Å². The largest absolute Gasteiger partial charge is 0.358 e. The van der Waals surface area contributed by atoms with Gasteiger partial charge in [0.25, 0.3) is 5.91 Å². The van der Waals surface area contributed by atoms with Gasteiger partial charge in [0, 0.05) is 29.7 Å². The summed E-state index contributed by atoms with van der Waals surface area (Å²) < 4.78 is 14.1. The van der Waals surface area contributed by atoms with Crippen LogP contribution in [0, 0.1) is 18.7 Å². The second-order valence-electron chi connectivity index (χ2n) is 5.79. The van der Waals surface area contributed by atoms with E-state index in [1.165, 1.54) is 6.07 Å². The van der Waals surface area contributed by atoms with Crippen LogP contribution in [0.3, 0.4) is 0 Å². The molecule has 0 spiro atoms. The summed E-state index contributed by atoms with van der Waals surface area (Å²) in [6.45, 7) is 5.52. The number of halogens is 1. The number of piperidine rings is 1. The number of benzene rings is 1. The molecule has 3 nitrogen and oxygen atoms in total. The number of nitrogens with zero attached hydrogens (tertiary/aromatic N) is 1. The summed E-state index contributed by atoms with van der Waals surface area (Å²) in [6.07, 6.45) is 2.18. The Labute approximate surface area is 117 Å². The zero-order valence-electron chi connectivity index (χ0n) is 11.9. The molecule has 1 aliphatic heterocycles. The first-order valence-corrected chi connectivity index (χ1v) is 7.14. The average molecular weight is 274 g/mol. The smallest absolute Gasteiger partial charge is 0.256 e. The lowest BCUT2D eigenvalue weighted by Crippen LogP contribution is -2.39. The van der Waals surface area contributed by atoms with Crippen LogP contribution in [-0.4, -0.2) is 28.9 Å². The summed E-state index contributed by atoms with van der Waals surface area (Å²) in [5, 5.41) is 0.424. The fraction of sp³-hybridized carbons (Fsp3) is 0.438. The van der Waals surface area contributed by atoms with Gasteiger partial charge < -0.3 is 9.88 Å². The number of carbonyl (C=O) groups is 1. The van der Waals surface area contributed by atoms with E-state index in [1.807, 2.05) is 11.8 Å². The number of hydrogen-bond acceptors (Lipinski definition) is 1. The van der Waals surface area contributed by atoms with Gasteiger partial charge in [-0.05, 0) is 37.8 Å². The molecule has 4 heteroatoms. The topological polar surface area (TPSA) is 36.1 Å². The molecule has 20 heavy (non-hydrogen) atoms. The van der Waals surface area contributed by atoms with Crippen LogP contribution in [0.5, 0.6) is 0 Å². The third-order valence-electron chi connectivity index (χ3n) is 4.12. The Kier molecular flexibility index (Phi) is 3.24. The van der Waals surface area contributed by atoms with Crippen molar-refractivity contribution in [1.29, 1.82) is 0 Å². The maximum atomic E-state index is 14.1. The molecule has 1 amide bonds. The van der Waals surface area contributed by atoms with E-state index in [0.29, 0.717) is 22.4 Å². The molecular formula is C16H19FN2O. The van der Waals surface area contributed by atoms with Crippen molar-refractivity contribution in [3.63, 3.8) is 0 Å². The van der Waals surface area contributed by atoms with Crippen molar-refractivity contribution in [3.8, 4) is 0 Å². The molecule has 0 radical (unpaired) electrons. The van der Waals surface area contributed by atoms with Crippen molar-refractivity contribution in [2.45, 2.75) is 26.7 Å². The highest BCUT2D eigenvalue weighted by Gasteiger charge is 2.26. The molecule has 0 aliphatic carbocycles. The van der Waals surface area contributed by atoms with E-state index in [-0.39, 0.29) is 11.7 Å². The minimum absolute atomic E-state index is 0.0506. The summed E-state index contributed by atoms with van der Waals surface area (Å²) in [6, 6.07) is 4.87. The minimum Gasteiger partial charge on any atom is -0.358 e. The van der Waals surface area contributed by atoms with Crippen LogP contribution >= 0.6 is 0 Å². The van der Waals surface area contributed by atoms with Crippen molar-refractivity contribution in [2.75, 3.05) is 13.1 Å². The number of aromatic nitrogens is 1. The molecule has 1 fully saturated rings. The molecule has 1 aromatic carbocycles. The molecule has 2 heterocycles. The number of carbonyl (C=O) groups excluding carboxylic acids is 1. The van der Waals surface area contributed by atoms with Gasteiger partial charge in [0.15, 0.2) is 0 Å². The van der Waals surface area contributed by atoms with Gasteiger partial charge in [-0.3, -0.25) is 4.79 Å². The molecule has 3 rings (SSSR count). The number of likely N-dealkylation sites (tertiary alicyclic amines) is 1. The van der Waals surface area contributed by atoms with E-state index in [0.717, 1.165) is 31.6 Å². The predicted octanol–water partition coefficient (Wildman–Crippen LogP) is 3.49. The fourth-order valence-electron chi connectivity index (χ4n) is 3.13. The third kappa shape index (κ3) is 2.09. The molecule has 0 bridgehead atoms. The first kappa shape index (κ1) is 13.2. The van der Waals surface area contributed by atoms with Crippen LogP contribution in [0.4, 0.5) is 4.39 Å². The number of aromatic amines is 1. The van der Waals surface area contributed by atoms with Gasteiger partial charge in [-0.2, -0.15) is 0 Å². The predicted molar refractivity (Wildman–Crippen MR) is 77.3 cm³/mol. The Morgan fingerprint density at radius 3 is 3.00 bits per heavy atom. The van der Waals surface area contributed by atoms with Gasteiger partial charge in [-0.1, -0.05) is 13.0 Å². The molecule has 1 unspecified atom stereocenters. The molecule has 0 saturated carbocycles. The summed E-state index contributed by atoms with van der Waals surface area (Å²) in [5.74, 6) is 0.133. The lowest BCUT2D eigenvalue weighted by Gasteiger charge is -2.31. The number of nitrogens with one attached hydrogen (secondary N) is 1. The van der Waals surface area contributed by atoms with Crippen LogP contribution in [0.2, 0.25) is 0 Å². The molecule has 1 atom stereocenters. The Hall–Kier alpha value is -1.84. The van der Waals surface area contributed by atoms with Gasteiger partial charge in [0.05, 0.1) is 5.56 Å². The number of rotatable bonds is 1. The number of fused-ring (bicyclic) bond motifs is 1. The number of amides is 1. The molecule has 2 aromatic rings. The van der Waals surface area contributed by atoms with E-state index in [9.17, 15) is 9.18 Å². The highest BCUT2D eigenvalue weighted by atomic mass is 19.1. The summed E-state index contributed by atoms with van der Waals surface area (Å²) in [7, 11) is 0. The first-order chi connectivity index (χ1) is 9.58. The van der Waals surface area contributed by atoms with Crippen LogP contribution in [-0.2, 0) is 0 Å². The van der Waals surface area contributed by atoms with Crippen molar-refractivity contribution in [3.05, 3.63) is 35.3 Å². The zero-order chi connectivity index (χ0) is 14.3. The van der Waals surface area contributed by atoms with Crippen molar-refractivity contribution < 1.29 is 9.18 Å². The summed E-state index contributed by atoms with van der Waals surface area (Å²) in [4.78, 5) is 17.7. The van der Waals surface area contributed by atoms with Crippen molar-refractivity contribution in [1.82, 2.24) is 9.88 Å². The first-order valence-electron chi connectivity index (χ1n) is 7.14. The van der Waals surface area contributed by atoms with Crippen molar-refractivity contribution in [2.24, 2.45) is 5.92 Å². The molecular weight excluding hydrogens is 255 g/mol. The summed E-state index contributed by atoms with van der Waals surface area (Å²) in [5.41, 5.74) is 1.93. The molecule has 106 valence electrons. The number of aryl methyl sites for hydroxylation is 1. The second kappa shape index (κ2) is 4.93. The van der Waals surface area contributed by atoms with E-state index < -0.39 is 0 Å². The SMILES string of the molecule is Cc1[nH]c2cccc(F)c2c1C(=O)N1CCCC(C)C1. The van der Waals surface area contributed by atoms with Crippen LogP contribution in [0.15, 0.2) is 18.2 Å². The van der Waals surface area contributed by atoms with Crippen LogP contribution < -0.4 is 0 Å². The Bertz CT molecular complexity index is 662. The van der Waals surface area contributed by atoms with Crippen LogP contribution in [0.25, 0.3) is 10.9 Å². The van der Waals surface area contributed by atoms with E-state index in [1.54, 1.807) is 12.1 Å². The maximum absolute atomic E-state index is 14.1. The van der Waals surface area contributed by atoms with Gasteiger partial charge in [0.1, 0.15) is 5.82 Å². The normalized spacial score (nSPS) is 19.6. The molecule has 1 aliphatic rings. The fourth-order valence-corrected chi connectivity index (χ4v) is 3.13. The van der Waals surface area contributed by atoms with E-state index in [2.05, 4.69) is 11.9 Å². The molecule has 1 aromatic heterocycles. The quantitative estimate of drug-likeness (QED) is 0.849. The maximum Gasteiger partial charge on any atom is 0.256 e. The third-order valence-corrected chi connectivity index (χ3v) is 4.12. The van der Waals surface area contributed by atoms with Crippen molar-refractivity contribution >= 4 is 16.8 Å². The second-order valence-corrected chi connectivity index (χ2v) is 5.79. The van der Waals surface area contributed by atoms with E-state index >= 15 is 0 Å². The summed E-state index contributed by atoms with van der Waals surface area (Å²) >= 11 is 0. The molecule has 1 N–H and O–H groups in total.